The fourth-order valence-electron chi connectivity index (χ4n) is 1.98. The first-order valence-corrected chi connectivity index (χ1v) is 6.50. The van der Waals surface area contributed by atoms with Crippen LogP contribution in [0.3, 0.4) is 0 Å². The lowest BCUT2D eigenvalue weighted by Gasteiger charge is -2.13. The SMILES string of the molecule is C[C@H](CNc1ccc([N+](=O)[O-])c(C#N)c1)Cn1cccn1. The Morgan fingerprint density at radius 3 is 3.00 bits per heavy atom. The normalized spacial score (nSPS) is 11.6. The molecule has 0 aliphatic rings. The molecular weight excluding hydrogens is 270 g/mol. The fourth-order valence-corrected chi connectivity index (χ4v) is 1.98. The van der Waals surface area contributed by atoms with Crippen LogP contribution in [0.5, 0.6) is 0 Å². The summed E-state index contributed by atoms with van der Waals surface area (Å²) in [5.74, 6) is 0.325. The first-order valence-electron chi connectivity index (χ1n) is 6.50. The number of nitro groups is 1. The molecule has 7 heteroatoms. The van der Waals surface area contributed by atoms with Crippen molar-refractivity contribution >= 4 is 11.4 Å². The van der Waals surface area contributed by atoms with Crippen LogP contribution in [0.2, 0.25) is 0 Å². The Morgan fingerprint density at radius 1 is 1.57 bits per heavy atom. The summed E-state index contributed by atoms with van der Waals surface area (Å²) >= 11 is 0. The highest BCUT2D eigenvalue weighted by atomic mass is 16.6. The van der Waals surface area contributed by atoms with Gasteiger partial charge in [0, 0.05) is 37.2 Å². The van der Waals surface area contributed by atoms with Crippen LogP contribution in [0.4, 0.5) is 11.4 Å². The molecule has 0 aliphatic carbocycles. The van der Waals surface area contributed by atoms with Gasteiger partial charge in [0.05, 0.1) is 4.92 Å². The number of hydrogen-bond donors (Lipinski definition) is 1. The third kappa shape index (κ3) is 3.79. The van der Waals surface area contributed by atoms with E-state index >= 15 is 0 Å². The Labute approximate surface area is 122 Å². The Morgan fingerprint density at radius 2 is 2.38 bits per heavy atom. The minimum atomic E-state index is -0.553. The number of nitro benzene ring substituents is 1. The Hall–Kier alpha value is -2.88. The van der Waals surface area contributed by atoms with E-state index in [9.17, 15) is 10.1 Å². The van der Waals surface area contributed by atoms with Gasteiger partial charge in [-0.25, -0.2) is 0 Å². The molecule has 1 heterocycles. The zero-order valence-electron chi connectivity index (χ0n) is 11.6. The van der Waals surface area contributed by atoms with Gasteiger partial charge in [-0.3, -0.25) is 14.8 Å². The number of aromatic nitrogens is 2. The van der Waals surface area contributed by atoms with Gasteiger partial charge in [0.25, 0.3) is 5.69 Å². The highest BCUT2D eigenvalue weighted by Crippen LogP contribution is 2.22. The summed E-state index contributed by atoms with van der Waals surface area (Å²) in [5, 5.41) is 27.0. The number of anilines is 1. The molecule has 2 rings (SSSR count). The van der Waals surface area contributed by atoms with Crippen LogP contribution in [0.1, 0.15) is 12.5 Å². The van der Waals surface area contributed by atoms with Gasteiger partial charge in [0.15, 0.2) is 0 Å². The second-order valence-corrected chi connectivity index (χ2v) is 4.82. The lowest BCUT2D eigenvalue weighted by Crippen LogP contribution is -2.17. The van der Waals surface area contributed by atoms with E-state index in [0.29, 0.717) is 18.2 Å². The third-order valence-corrected chi connectivity index (χ3v) is 3.03. The molecule has 0 radical (unpaired) electrons. The van der Waals surface area contributed by atoms with Crippen LogP contribution in [0, 0.1) is 27.4 Å². The molecule has 0 amide bonds. The highest BCUT2D eigenvalue weighted by Gasteiger charge is 2.13. The molecule has 1 aromatic carbocycles. The van der Waals surface area contributed by atoms with Gasteiger partial charge in [-0.15, -0.1) is 0 Å². The molecule has 0 bridgehead atoms. The maximum Gasteiger partial charge on any atom is 0.287 e. The quantitative estimate of drug-likeness (QED) is 0.649. The van der Waals surface area contributed by atoms with Crippen molar-refractivity contribution in [1.29, 1.82) is 5.26 Å². The molecule has 0 aliphatic heterocycles. The largest absolute Gasteiger partial charge is 0.385 e. The van der Waals surface area contributed by atoms with E-state index in [-0.39, 0.29) is 11.3 Å². The summed E-state index contributed by atoms with van der Waals surface area (Å²) < 4.78 is 1.85. The maximum atomic E-state index is 10.8. The van der Waals surface area contributed by atoms with Crippen molar-refractivity contribution in [2.45, 2.75) is 13.5 Å². The van der Waals surface area contributed by atoms with Gasteiger partial charge >= 0.3 is 0 Å². The molecule has 1 atom stereocenters. The van der Waals surface area contributed by atoms with E-state index < -0.39 is 4.92 Å². The average molecular weight is 285 g/mol. The van der Waals surface area contributed by atoms with Crippen LogP contribution in [0.15, 0.2) is 36.7 Å². The standard InChI is InChI=1S/C14H15N5O2/c1-11(10-18-6-2-5-17-18)9-16-13-3-4-14(19(20)21)12(7-13)8-15/h2-7,11,16H,9-10H2,1H3/t11-/m1/s1. The van der Waals surface area contributed by atoms with Crippen LogP contribution in [-0.2, 0) is 6.54 Å². The van der Waals surface area contributed by atoms with Crippen molar-refractivity contribution in [1.82, 2.24) is 9.78 Å². The molecule has 7 nitrogen and oxygen atoms in total. The number of hydrogen-bond acceptors (Lipinski definition) is 5. The maximum absolute atomic E-state index is 10.8. The van der Waals surface area contributed by atoms with E-state index in [1.807, 2.05) is 23.0 Å². The minimum absolute atomic E-state index is 0.0599. The Kier molecular flexibility index (Phi) is 4.51. The topological polar surface area (TPSA) is 96.8 Å². The predicted molar refractivity (Wildman–Crippen MR) is 77.7 cm³/mol. The lowest BCUT2D eigenvalue weighted by atomic mass is 10.1. The van der Waals surface area contributed by atoms with Gasteiger partial charge in [-0.2, -0.15) is 10.4 Å². The molecule has 0 fully saturated rings. The first-order chi connectivity index (χ1) is 10.1. The third-order valence-electron chi connectivity index (χ3n) is 3.03. The summed E-state index contributed by atoms with van der Waals surface area (Å²) in [7, 11) is 0. The van der Waals surface area contributed by atoms with Crippen molar-refractivity contribution < 1.29 is 4.92 Å². The van der Waals surface area contributed by atoms with Gasteiger partial charge in [-0.05, 0) is 24.1 Å². The Bertz CT molecular complexity index is 660. The van der Waals surface area contributed by atoms with Gasteiger partial charge in [-0.1, -0.05) is 6.92 Å². The van der Waals surface area contributed by atoms with E-state index in [4.69, 9.17) is 5.26 Å². The first kappa shape index (κ1) is 14.5. The number of benzene rings is 1. The highest BCUT2D eigenvalue weighted by molar-refractivity contribution is 5.58. The summed E-state index contributed by atoms with van der Waals surface area (Å²) in [6.07, 6.45) is 3.63. The summed E-state index contributed by atoms with van der Waals surface area (Å²) in [6, 6.07) is 8.17. The second kappa shape index (κ2) is 6.52. The zero-order chi connectivity index (χ0) is 15.2. The predicted octanol–water partition coefficient (Wildman–Crippen LogP) is 2.41. The van der Waals surface area contributed by atoms with Crippen LogP contribution >= 0.6 is 0 Å². The van der Waals surface area contributed by atoms with E-state index in [1.54, 1.807) is 12.3 Å². The molecule has 2 aromatic rings. The van der Waals surface area contributed by atoms with Crippen molar-refractivity contribution in [2.24, 2.45) is 5.92 Å². The number of rotatable bonds is 6. The molecule has 0 saturated heterocycles. The van der Waals surface area contributed by atoms with Crippen molar-refractivity contribution in [3.05, 3.63) is 52.3 Å². The molecular formula is C14H15N5O2. The molecule has 21 heavy (non-hydrogen) atoms. The van der Waals surface area contributed by atoms with E-state index in [1.165, 1.54) is 12.1 Å². The van der Waals surface area contributed by atoms with Gasteiger partial charge < -0.3 is 5.32 Å². The monoisotopic (exact) mass is 285 g/mol. The number of nitriles is 1. The van der Waals surface area contributed by atoms with Crippen LogP contribution in [-0.4, -0.2) is 21.2 Å². The van der Waals surface area contributed by atoms with Crippen molar-refractivity contribution in [3.63, 3.8) is 0 Å². The van der Waals surface area contributed by atoms with Crippen LogP contribution in [0.25, 0.3) is 0 Å². The summed E-state index contributed by atoms with van der Waals surface area (Å²) in [4.78, 5) is 10.2. The van der Waals surface area contributed by atoms with Crippen LogP contribution < -0.4 is 5.32 Å². The molecule has 0 unspecified atom stereocenters. The molecule has 108 valence electrons. The molecule has 1 aromatic heterocycles. The van der Waals surface area contributed by atoms with E-state index in [2.05, 4.69) is 17.3 Å². The molecule has 1 N–H and O–H groups in total. The van der Waals surface area contributed by atoms with Gasteiger partial charge in [0.1, 0.15) is 11.6 Å². The minimum Gasteiger partial charge on any atom is -0.385 e. The van der Waals surface area contributed by atoms with Crippen molar-refractivity contribution in [3.8, 4) is 6.07 Å². The number of nitrogens with zero attached hydrogens (tertiary/aromatic N) is 4. The summed E-state index contributed by atoms with van der Waals surface area (Å²) in [5.41, 5.74) is 0.585. The fraction of sp³-hybridized carbons (Fsp3) is 0.286. The smallest absolute Gasteiger partial charge is 0.287 e. The Balaban J connectivity index is 1.97. The number of nitrogens with one attached hydrogen (secondary N) is 1. The van der Waals surface area contributed by atoms with E-state index in [0.717, 1.165) is 6.54 Å². The lowest BCUT2D eigenvalue weighted by molar-refractivity contribution is -0.385. The second-order valence-electron chi connectivity index (χ2n) is 4.82. The van der Waals surface area contributed by atoms with Crippen molar-refractivity contribution in [2.75, 3.05) is 11.9 Å². The molecule has 0 spiro atoms. The molecule has 0 saturated carbocycles. The van der Waals surface area contributed by atoms with Gasteiger partial charge in [0.2, 0.25) is 0 Å². The summed E-state index contributed by atoms with van der Waals surface area (Å²) in [6.45, 7) is 3.53. The zero-order valence-corrected chi connectivity index (χ0v) is 11.6. The average Bonchev–Trinajstić information content (AvgIpc) is 2.97.